The quantitative estimate of drug-likeness (QED) is 0.739. The second-order valence-electron chi connectivity index (χ2n) is 3.50. The maximum Gasteiger partial charge on any atom is 0.250 e. The SMILES string of the molecule is COCC(=O)Nc1cc(C)c(C)cc1N. The normalized spacial score (nSPS) is 10.1. The first-order chi connectivity index (χ1) is 7.04. The summed E-state index contributed by atoms with van der Waals surface area (Å²) in [5.74, 6) is -0.201. The topological polar surface area (TPSA) is 64.3 Å². The largest absolute Gasteiger partial charge is 0.397 e. The zero-order valence-electron chi connectivity index (χ0n) is 9.26. The molecule has 0 saturated carbocycles. The molecule has 0 aliphatic heterocycles. The van der Waals surface area contributed by atoms with Crippen molar-refractivity contribution < 1.29 is 9.53 Å². The summed E-state index contributed by atoms with van der Waals surface area (Å²) in [7, 11) is 1.48. The molecule has 1 amide bonds. The smallest absolute Gasteiger partial charge is 0.250 e. The van der Waals surface area contributed by atoms with E-state index in [4.69, 9.17) is 10.5 Å². The van der Waals surface area contributed by atoms with Gasteiger partial charge in [0.1, 0.15) is 6.61 Å². The summed E-state index contributed by atoms with van der Waals surface area (Å²) in [5, 5.41) is 2.69. The van der Waals surface area contributed by atoms with Crippen LogP contribution in [0.2, 0.25) is 0 Å². The van der Waals surface area contributed by atoms with E-state index in [0.717, 1.165) is 11.1 Å². The average Bonchev–Trinajstić information content (AvgIpc) is 2.14. The van der Waals surface area contributed by atoms with Gasteiger partial charge in [-0.2, -0.15) is 0 Å². The molecule has 0 saturated heterocycles. The Bertz CT molecular complexity index is 375. The number of hydrogen-bond donors (Lipinski definition) is 2. The van der Waals surface area contributed by atoms with Crippen LogP contribution in [0.15, 0.2) is 12.1 Å². The van der Waals surface area contributed by atoms with Gasteiger partial charge in [0.15, 0.2) is 0 Å². The van der Waals surface area contributed by atoms with E-state index in [-0.39, 0.29) is 12.5 Å². The van der Waals surface area contributed by atoms with Gasteiger partial charge >= 0.3 is 0 Å². The summed E-state index contributed by atoms with van der Waals surface area (Å²) < 4.78 is 4.72. The lowest BCUT2D eigenvalue weighted by atomic mass is 10.1. The highest BCUT2D eigenvalue weighted by Crippen LogP contribution is 2.22. The number of hydrogen-bond acceptors (Lipinski definition) is 3. The van der Waals surface area contributed by atoms with E-state index in [1.54, 1.807) is 0 Å². The van der Waals surface area contributed by atoms with Crippen LogP contribution in [0.5, 0.6) is 0 Å². The van der Waals surface area contributed by atoms with Crippen LogP contribution in [0, 0.1) is 13.8 Å². The van der Waals surface area contributed by atoms with Gasteiger partial charge in [0.2, 0.25) is 5.91 Å². The first-order valence-corrected chi connectivity index (χ1v) is 4.70. The van der Waals surface area contributed by atoms with E-state index in [1.807, 2.05) is 26.0 Å². The van der Waals surface area contributed by atoms with Gasteiger partial charge in [0.05, 0.1) is 11.4 Å². The Hall–Kier alpha value is -1.55. The van der Waals surface area contributed by atoms with Crippen LogP contribution >= 0.6 is 0 Å². The molecule has 1 aromatic rings. The third-order valence-corrected chi connectivity index (χ3v) is 2.22. The molecule has 0 aliphatic rings. The average molecular weight is 208 g/mol. The lowest BCUT2D eigenvalue weighted by molar-refractivity contribution is -0.119. The summed E-state index contributed by atoms with van der Waals surface area (Å²) in [6, 6.07) is 3.70. The van der Waals surface area contributed by atoms with E-state index in [0.29, 0.717) is 11.4 Å². The minimum atomic E-state index is -0.201. The van der Waals surface area contributed by atoms with E-state index in [9.17, 15) is 4.79 Å². The predicted molar refractivity (Wildman–Crippen MR) is 60.8 cm³/mol. The number of benzene rings is 1. The van der Waals surface area contributed by atoms with Gasteiger partial charge in [-0.15, -0.1) is 0 Å². The van der Waals surface area contributed by atoms with Crippen molar-refractivity contribution in [3.8, 4) is 0 Å². The fraction of sp³-hybridized carbons (Fsp3) is 0.364. The van der Waals surface area contributed by atoms with Crippen LogP contribution in [0.1, 0.15) is 11.1 Å². The van der Waals surface area contributed by atoms with Gasteiger partial charge < -0.3 is 15.8 Å². The Morgan fingerprint density at radius 2 is 2.00 bits per heavy atom. The van der Waals surface area contributed by atoms with Crippen LogP contribution in [0.4, 0.5) is 11.4 Å². The zero-order chi connectivity index (χ0) is 11.4. The van der Waals surface area contributed by atoms with E-state index >= 15 is 0 Å². The van der Waals surface area contributed by atoms with E-state index in [2.05, 4.69) is 5.32 Å². The fourth-order valence-electron chi connectivity index (χ4n) is 1.26. The van der Waals surface area contributed by atoms with Crippen molar-refractivity contribution in [3.05, 3.63) is 23.3 Å². The summed E-state index contributed by atoms with van der Waals surface area (Å²) in [6.07, 6.45) is 0. The molecule has 3 N–H and O–H groups in total. The van der Waals surface area contributed by atoms with Gasteiger partial charge in [-0.25, -0.2) is 0 Å². The van der Waals surface area contributed by atoms with Gasteiger partial charge in [-0.1, -0.05) is 0 Å². The number of aryl methyl sites for hydroxylation is 2. The summed E-state index contributed by atoms with van der Waals surface area (Å²) in [6.45, 7) is 3.99. The summed E-state index contributed by atoms with van der Waals surface area (Å²) >= 11 is 0. The van der Waals surface area contributed by atoms with Crippen LogP contribution in [-0.2, 0) is 9.53 Å². The first kappa shape index (κ1) is 11.5. The summed E-state index contributed by atoms with van der Waals surface area (Å²) in [5.41, 5.74) is 9.19. The molecule has 0 aromatic heterocycles. The molecule has 1 rings (SSSR count). The molecule has 0 heterocycles. The van der Waals surface area contributed by atoms with Crippen molar-refractivity contribution >= 4 is 17.3 Å². The second kappa shape index (κ2) is 4.79. The molecule has 0 fully saturated rings. The standard InChI is InChI=1S/C11H16N2O2/c1-7-4-9(12)10(5-8(7)2)13-11(14)6-15-3/h4-5H,6,12H2,1-3H3,(H,13,14). The molecular weight excluding hydrogens is 192 g/mol. The lowest BCUT2D eigenvalue weighted by Crippen LogP contribution is -2.18. The lowest BCUT2D eigenvalue weighted by Gasteiger charge is -2.10. The predicted octanol–water partition coefficient (Wildman–Crippen LogP) is 1.47. The van der Waals surface area contributed by atoms with Gasteiger partial charge in [0.25, 0.3) is 0 Å². The number of nitrogen functional groups attached to an aromatic ring is 1. The van der Waals surface area contributed by atoms with Crippen LogP contribution in [0.3, 0.4) is 0 Å². The molecular formula is C11H16N2O2. The minimum Gasteiger partial charge on any atom is -0.397 e. The molecule has 4 heteroatoms. The second-order valence-corrected chi connectivity index (χ2v) is 3.50. The highest BCUT2D eigenvalue weighted by Gasteiger charge is 2.06. The highest BCUT2D eigenvalue weighted by molar-refractivity contribution is 5.94. The number of amides is 1. The van der Waals surface area contributed by atoms with E-state index < -0.39 is 0 Å². The fourth-order valence-corrected chi connectivity index (χ4v) is 1.26. The Labute approximate surface area is 89.4 Å². The Morgan fingerprint density at radius 1 is 1.40 bits per heavy atom. The molecule has 0 unspecified atom stereocenters. The monoisotopic (exact) mass is 208 g/mol. The number of nitrogens with one attached hydrogen (secondary N) is 1. The minimum absolute atomic E-state index is 0.0341. The maximum atomic E-state index is 11.3. The number of methoxy groups -OCH3 is 1. The summed E-state index contributed by atoms with van der Waals surface area (Å²) in [4.78, 5) is 11.3. The molecule has 0 aliphatic carbocycles. The molecule has 82 valence electrons. The molecule has 0 spiro atoms. The van der Waals surface area contributed by atoms with Crippen molar-refractivity contribution in [2.45, 2.75) is 13.8 Å². The first-order valence-electron chi connectivity index (χ1n) is 4.70. The Morgan fingerprint density at radius 3 is 2.60 bits per heavy atom. The molecule has 0 bridgehead atoms. The van der Waals surface area contributed by atoms with Crippen molar-refractivity contribution in [2.75, 3.05) is 24.8 Å². The van der Waals surface area contributed by atoms with Crippen molar-refractivity contribution in [3.63, 3.8) is 0 Å². The van der Waals surface area contributed by atoms with Gasteiger partial charge in [-0.05, 0) is 37.1 Å². The van der Waals surface area contributed by atoms with Crippen LogP contribution in [-0.4, -0.2) is 19.6 Å². The van der Waals surface area contributed by atoms with Crippen molar-refractivity contribution in [2.24, 2.45) is 0 Å². The molecule has 1 aromatic carbocycles. The molecule has 15 heavy (non-hydrogen) atoms. The third kappa shape index (κ3) is 2.95. The number of ether oxygens (including phenoxy) is 1. The molecule has 4 nitrogen and oxygen atoms in total. The number of anilines is 2. The number of carbonyl (C=O) groups is 1. The Balaban J connectivity index is 2.86. The van der Waals surface area contributed by atoms with Crippen LogP contribution in [0.25, 0.3) is 0 Å². The molecule has 0 atom stereocenters. The zero-order valence-corrected chi connectivity index (χ0v) is 9.26. The number of rotatable bonds is 3. The van der Waals surface area contributed by atoms with Crippen molar-refractivity contribution in [1.29, 1.82) is 0 Å². The van der Waals surface area contributed by atoms with Gasteiger partial charge in [0, 0.05) is 7.11 Å². The third-order valence-electron chi connectivity index (χ3n) is 2.22. The maximum absolute atomic E-state index is 11.3. The molecule has 0 radical (unpaired) electrons. The number of nitrogens with two attached hydrogens (primary N) is 1. The highest BCUT2D eigenvalue weighted by atomic mass is 16.5. The number of carbonyl (C=O) groups excluding carboxylic acids is 1. The Kier molecular flexibility index (Phi) is 3.68. The van der Waals surface area contributed by atoms with E-state index in [1.165, 1.54) is 7.11 Å². The van der Waals surface area contributed by atoms with Gasteiger partial charge in [-0.3, -0.25) is 4.79 Å². The van der Waals surface area contributed by atoms with Crippen molar-refractivity contribution in [1.82, 2.24) is 0 Å². The van der Waals surface area contributed by atoms with Crippen LogP contribution < -0.4 is 11.1 Å².